The van der Waals surface area contributed by atoms with Crippen molar-refractivity contribution >= 4 is 17.5 Å². The van der Waals surface area contributed by atoms with Crippen LogP contribution in [0.1, 0.15) is 34.1 Å². The number of aromatic nitrogens is 4. The first kappa shape index (κ1) is 19.3. The van der Waals surface area contributed by atoms with Gasteiger partial charge >= 0.3 is 0 Å². The van der Waals surface area contributed by atoms with E-state index in [0.29, 0.717) is 11.5 Å². The number of nitrogens with zero attached hydrogens (tertiary/aromatic N) is 4. The van der Waals surface area contributed by atoms with E-state index in [1.54, 1.807) is 26.1 Å². The molecule has 0 aliphatic heterocycles. The van der Waals surface area contributed by atoms with Crippen LogP contribution >= 0.6 is 0 Å². The van der Waals surface area contributed by atoms with Gasteiger partial charge in [0.25, 0.3) is 12.3 Å². The van der Waals surface area contributed by atoms with Crippen LogP contribution in [0.4, 0.5) is 14.5 Å². The Morgan fingerprint density at radius 1 is 1.36 bits per heavy atom. The lowest BCUT2D eigenvalue weighted by Crippen LogP contribution is -2.27. The molecule has 28 heavy (non-hydrogen) atoms. The molecule has 0 aromatic carbocycles. The molecule has 2 N–H and O–H groups in total. The van der Waals surface area contributed by atoms with Crippen molar-refractivity contribution in [2.75, 3.05) is 5.32 Å². The molecule has 9 nitrogen and oxygen atoms in total. The van der Waals surface area contributed by atoms with Gasteiger partial charge in [0.2, 0.25) is 5.91 Å². The fourth-order valence-corrected chi connectivity index (χ4v) is 2.59. The van der Waals surface area contributed by atoms with Crippen molar-refractivity contribution < 1.29 is 22.8 Å². The number of anilines is 1. The maximum atomic E-state index is 12.7. The van der Waals surface area contributed by atoms with Crippen LogP contribution in [0.5, 0.6) is 0 Å². The van der Waals surface area contributed by atoms with E-state index in [9.17, 15) is 18.4 Å². The van der Waals surface area contributed by atoms with Crippen LogP contribution in [-0.4, -0.2) is 31.4 Å². The van der Waals surface area contributed by atoms with Crippen molar-refractivity contribution in [3.8, 4) is 0 Å². The Morgan fingerprint density at radius 3 is 2.79 bits per heavy atom. The SMILES string of the molecule is Cc1cc(C(F)F)nn1CC(=O)Nc1cnn(C)c1C(=O)NCc1ccco1. The molecule has 3 rings (SSSR count). The van der Waals surface area contributed by atoms with Gasteiger partial charge in [0.1, 0.15) is 23.7 Å². The third-order valence-corrected chi connectivity index (χ3v) is 3.95. The molecular formula is C17H18F2N6O3. The summed E-state index contributed by atoms with van der Waals surface area (Å²) in [5.41, 5.74) is 0.367. The Balaban J connectivity index is 1.67. The van der Waals surface area contributed by atoms with Crippen LogP contribution in [0.3, 0.4) is 0 Å². The van der Waals surface area contributed by atoms with Gasteiger partial charge < -0.3 is 15.1 Å². The molecule has 11 heteroatoms. The summed E-state index contributed by atoms with van der Waals surface area (Å²) in [5.74, 6) is -0.410. The predicted molar refractivity (Wildman–Crippen MR) is 93.6 cm³/mol. The quantitative estimate of drug-likeness (QED) is 0.640. The number of amides is 2. The Morgan fingerprint density at radius 2 is 2.14 bits per heavy atom. The van der Waals surface area contributed by atoms with E-state index in [0.717, 1.165) is 0 Å². The standard InChI is InChI=1S/C17H18F2N6O3/c1-10-6-12(16(18)19)23-25(10)9-14(26)22-13-8-21-24(2)15(13)17(27)20-7-11-4-3-5-28-11/h3-6,8,16H,7,9H2,1-2H3,(H,20,27)(H,22,26). The summed E-state index contributed by atoms with van der Waals surface area (Å²) in [7, 11) is 1.56. The van der Waals surface area contributed by atoms with Crippen LogP contribution < -0.4 is 10.6 Å². The lowest BCUT2D eigenvalue weighted by atomic mass is 10.3. The average Bonchev–Trinajstić information content (AvgIpc) is 3.35. The number of furan rings is 1. The second kappa shape index (κ2) is 8.03. The van der Waals surface area contributed by atoms with Crippen molar-refractivity contribution in [2.45, 2.75) is 26.4 Å². The maximum absolute atomic E-state index is 12.7. The molecule has 3 aromatic rings. The van der Waals surface area contributed by atoms with E-state index in [1.165, 1.54) is 27.9 Å². The van der Waals surface area contributed by atoms with Crippen LogP contribution in [-0.2, 0) is 24.9 Å². The fourth-order valence-electron chi connectivity index (χ4n) is 2.59. The molecular weight excluding hydrogens is 374 g/mol. The number of aryl methyl sites for hydroxylation is 2. The summed E-state index contributed by atoms with van der Waals surface area (Å²) in [6.45, 7) is 1.47. The number of carbonyl (C=O) groups excluding carboxylic acids is 2. The number of rotatable bonds is 7. The van der Waals surface area contributed by atoms with E-state index in [1.807, 2.05) is 0 Å². The van der Waals surface area contributed by atoms with E-state index < -0.39 is 23.9 Å². The summed E-state index contributed by atoms with van der Waals surface area (Å²) >= 11 is 0. The second-order valence-electron chi connectivity index (χ2n) is 6.01. The number of alkyl halides is 2. The number of hydrogen-bond donors (Lipinski definition) is 2. The van der Waals surface area contributed by atoms with E-state index >= 15 is 0 Å². The third kappa shape index (κ3) is 4.24. The van der Waals surface area contributed by atoms with Crippen LogP contribution in [0.2, 0.25) is 0 Å². The molecule has 0 saturated heterocycles. The van der Waals surface area contributed by atoms with Crippen LogP contribution in [0.15, 0.2) is 35.1 Å². The minimum Gasteiger partial charge on any atom is -0.467 e. The van der Waals surface area contributed by atoms with Gasteiger partial charge in [-0.05, 0) is 25.1 Å². The highest BCUT2D eigenvalue weighted by Crippen LogP contribution is 2.18. The number of halogens is 2. The summed E-state index contributed by atoms with van der Waals surface area (Å²) in [4.78, 5) is 24.7. The zero-order valence-corrected chi connectivity index (χ0v) is 15.1. The zero-order chi connectivity index (χ0) is 20.3. The molecule has 0 radical (unpaired) electrons. The molecule has 2 amide bonds. The molecule has 0 fully saturated rings. The molecule has 0 spiro atoms. The largest absolute Gasteiger partial charge is 0.467 e. The van der Waals surface area contributed by atoms with Crippen LogP contribution in [0, 0.1) is 6.92 Å². The van der Waals surface area contributed by atoms with Crippen molar-refractivity contribution in [1.82, 2.24) is 24.9 Å². The van der Waals surface area contributed by atoms with Crippen molar-refractivity contribution in [1.29, 1.82) is 0 Å². The molecule has 0 unspecified atom stereocenters. The summed E-state index contributed by atoms with van der Waals surface area (Å²) in [6, 6.07) is 4.63. The third-order valence-electron chi connectivity index (χ3n) is 3.95. The Labute approximate surface area is 158 Å². The van der Waals surface area contributed by atoms with E-state index in [4.69, 9.17) is 4.42 Å². The minimum absolute atomic E-state index is 0.144. The topological polar surface area (TPSA) is 107 Å². The van der Waals surface area contributed by atoms with Gasteiger partial charge in [-0.25, -0.2) is 8.78 Å². The molecule has 0 aliphatic rings. The van der Waals surface area contributed by atoms with Gasteiger partial charge in [-0.1, -0.05) is 0 Å². The monoisotopic (exact) mass is 392 g/mol. The molecule has 148 valence electrons. The second-order valence-corrected chi connectivity index (χ2v) is 6.01. The smallest absolute Gasteiger partial charge is 0.282 e. The summed E-state index contributed by atoms with van der Waals surface area (Å²) in [6.07, 6.45) is 0.111. The van der Waals surface area contributed by atoms with Gasteiger partial charge in [-0.15, -0.1) is 0 Å². The predicted octanol–water partition coefficient (Wildman–Crippen LogP) is 2.02. The molecule has 0 bridgehead atoms. The van der Waals surface area contributed by atoms with Gasteiger partial charge in [0.15, 0.2) is 0 Å². The van der Waals surface area contributed by atoms with Crippen LogP contribution in [0.25, 0.3) is 0 Å². The summed E-state index contributed by atoms with van der Waals surface area (Å²) < 4.78 is 33.1. The first-order valence-electron chi connectivity index (χ1n) is 8.30. The Bertz CT molecular complexity index is 977. The highest BCUT2D eigenvalue weighted by atomic mass is 19.3. The highest BCUT2D eigenvalue weighted by molar-refractivity contribution is 6.02. The fraction of sp³-hybridized carbons (Fsp3) is 0.294. The molecule has 0 saturated carbocycles. The molecule has 0 atom stereocenters. The normalized spacial score (nSPS) is 11.0. The van der Waals surface area contributed by atoms with Gasteiger partial charge in [0.05, 0.1) is 24.7 Å². The van der Waals surface area contributed by atoms with Crippen molar-refractivity contribution in [2.24, 2.45) is 7.05 Å². The number of hydrogen-bond acceptors (Lipinski definition) is 5. The van der Waals surface area contributed by atoms with E-state index in [2.05, 4.69) is 20.8 Å². The number of nitrogens with one attached hydrogen (secondary N) is 2. The highest BCUT2D eigenvalue weighted by Gasteiger charge is 2.20. The first-order valence-corrected chi connectivity index (χ1v) is 8.30. The van der Waals surface area contributed by atoms with Gasteiger partial charge in [-0.3, -0.25) is 19.0 Å². The van der Waals surface area contributed by atoms with Crippen molar-refractivity contribution in [3.63, 3.8) is 0 Å². The first-order chi connectivity index (χ1) is 13.3. The Kier molecular flexibility index (Phi) is 5.52. The van der Waals surface area contributed by atoms with E-state index in [-0.39, 0.29) is 24.5 Å². The Hall–Kier alpha value is -3.50. The lowest BCUT2D eigenvalue weighted by Gasteiger charge is -2.09. The maximum Gasteiger partial charge on any atom is 0.282 e. The average molecular weight is 392 g/mol. The lowest BCUT2D eigenvalue weighted by molar-refractivity contribution is -0.117. The number of carbonyl (C=O) groups is 2. The molecule has 3 heterocycles. The minimum atomic E-state index is -2.72. The molecule has 0 aliphatic carbocycles. The zero-order valence-electron chi connectivity index (χ0n) is 15.1. The van der Waals surface area contributed by atoms with Gasteiger partial charge in [0, 0.05) is 12.7 Å². The van der Waals surface area contributed by atoms with Crippen molar-refractivity contribution in [3.05, 3.63) is 53.5 Å². The van der Waals surface area contributed by atoms with Gasteiger partial charge in [-0.2, -0.15) is 10.2 Å². The summed E-state index contributed by atoms with van der Waals surface area (Å²) in [5, 5.41) is 12.9. The molecule has 3 aromatic heterocycles.